The Bertz CT molecular complexity index is 497. The van der Waals surface area contributed by atoms with Gasteiger partial charge in [0.15, 0.2) is 0 Å². The second kappa shape index (κ2) is 6.36. The first kappa shape index (κ1) is 15.9. The van der Waals surface area contributed by atoms with Gasteiger partial charge < -0.3 is 4.74 Å². The molecule has 5 nitrogen and oxygen atoms in total. The molecule has 0 heterocycles. The van der Waals surface area contributed by atoms with Gasteiger partial charge in [0.25, 0.3) is 10.2 Å². The molecule has 0 spiro atoms. The lowest BCUT2D eigenvalue weighted by Crippen LogP contribution is -2.42. The molecule has 108 valence electrons. The lowest BCUT2D eigenvalue weighted by molar-refractivity contribution is 0.355. The van der Waals surface area contributed by atoms with E-state index in [1.807, 2.05) is 38.1 Å². The molecule has 0 unspecified atom stereocenters. The minimum Gasteiger partial charge on any atom is -0.497 e. The predicted molar refractivity (Wildman–Crippen MR) is 76.3 cm³/mol. The van der Waals surface area contributed by atoms with E-state index in [2.05, 4.69) is 0 Å². The number of methoxy groups -OCH3 is 1. The third kappa shape index (κ3) is 3.92. The van der Waals surface area contributed by atoms with Crippen molar-refractivity contribution in [2.45, 2.75) is 26.4 Å². The van der Waals surface area contributed by atoms with E-state index >= 15 is 0 Å². The van der Waals surface area contributed by atoms with E-state index in [4.69, 9.17) is 4.74 Å². The number of rotatable bonds is 6. The summed E-state index contributed by atoms with van der Waals surface area (Å²) >= 11 is 0. The standard InChI is InChI=1S/C13H22N2O3S/c1-11(2)15(4)19(16,17)14(3)10-12-6-8-13(18-5)9-7-12/h6-9,11H,10H2,1-5H3. The van der Waals surface area contributed by atoms with E-state index in [1.54, 1.807) is 21.2 Å². The number of nitrogens with zero attached hydrogens (tertiary/aromatic N) is 2. The second-order valence-electron chi connectivity index (χ2n) is 4.72. The molecule has 0 aliphatic rings. The molecule has 0 aliphatic heterocycles. The van der Waals surface area contributed by atoms with Gasteiger partial charge in [0.05, 0.1) is 7.11 Å². The highest BCUT2D eigenvalue weighted by Gasteiger charge is 2.25. The van der Waals surface area contributed by atoms with E-state index in [-0.39, 0.29) is 6.04 Å². The summed E-state index contributed by atoms with van der Waals surface area (Å²) in [6.07, 6.45) is 0. The molecule has 0 fully saturated rings. The van der Waals surface area contributed by atoms with Crippen LogP contribution < -0.4 is 4.74 Å². The third-order valence-electron chi connectivity index (χ3n) is 3.05. The zero-order chi connectivity index (χ0) is 14.6. The lowest BCUT2D eigenvalue weighted by Gasteiger charge is -2.27. The van der Waals surface area contributed by atoms with Crippen LogP contribution in [0.3, 0.4) is 0 Å². The first-order chi connectivity index (χ1) is 8.78. The highest BCUT2D eigenvalue weighted by molar-refractivity contribution is 7.86. The Morgan fingerprint density at radius 2 is 1.68 bits per heavy atom. The Morgan fingerprint density at radius 1 is 1.16 bits per heavy atom. The fourth-order valence-electron chi connectivity index (χ4n) is 1.56. The van der Waals surface area contributed by atoms with Gasteiger partial charge in [0, 0.05) is 26.7 Å². The third-order valence-corrected chi connectivity index (χ3v) is 5.12. The van der Waals surface area contributed by atoms with Crippen molar-refractivity contribution in [3.63, 3.8) is 0 Å². The highest BCUT2D eigenvalue weighted by Crippen LogP contribution is 2.15. The van der Waals surface area contributed by atoms with Crippen molar-refractivity contribution in [2.75, 3.05) is 21.2 Å². The normalized spacial score (nSPS) is 12.4. The first-order valence-corrected chi connectivity index (χ1v) is 7.51. The van der Waals surface area contributed by atoms with Crippen molar-refractivity contribution in [1.29, 1.82) is 0 Å². The van der Waals surface area contributed by atoms with Crippen LogP contribution in [0.15, 0.2) is 24.3 Å². The molecule has 0 aliphatic carbocycles. The Labute approximate surface area is 116 Å². The van der Waals surface area contributed by atoms with Crippen LogP contribution in [0.2, 0.25) is 0 Å². The van der Waals surface area contributed by atoms with Crippen LogP contribution in [0.4, 0.5) is 0 Å². The van der Waals surface area contributed by atoms with Gasteiger partial charge in [-0.1, -0.05) is 12.1 Å². The smallest absolute Gasteiger partial charge is 0.282 e. The molecule has 1 aromatic carbocycles. The van der Waals surface area contributed by atoms with Crippen LogP contribution in [-0.4, -0.2) is 44.3 Å². The Balaban J connectivity index is 2.81. The summed E-state index contributed by atoms with van der Waals surface area (Å²) in [7, 11) is 1.35. The van der Waals surface area contributed by atoms with Crippen molar-refractivity contribution < 1.29 is 13.2 Å². The van der Waals surface area contributed by atoms with E-state index in [1.165, 1.54) is 8.61 Å². The average molecular weight is 286 g/mol. The van der Waals surface area contributed by atoms with E-state index < -0.39 is 10.2 Å². The number of hydrogen-bond donors (Lipinski definition) is 0. The van der Waals surface area contributed by atoms with E-state index in [0.29, 0.717) is 6.54 Å². The lowest BCUT2D eigenvalue weighted by atomic mass is 10.2. The predicted octanol–water partition coefficient (Wildman–Crippen LogP) is 1.71. The number of benzene rings is 1. The van der Waals surface area contributed by atoms with Crippen molar-refractivity contribution in [2.24, 2.45) is 0 Å². The maximum atomic E-state index is 12.2. The monoisotopic (exact) mass is 286 g/mol. The van der Waals surface area contributed by atoms with Gasteiger partial charge in [-0.05, 0) is 31.5 Å². The molecule has 1 rings (SSSR count). The Hall–Kier alpha value is -1.11. The number of hydrogen-bond acceptors (Lipinski definition) is 3. The molecular weight excluding hydrogens is 264 g/mol. The fraction of sp³-hybridized carbons (Fsp3) is 0.538. The largest absolute Gasteiger partial charge is 0.497 e. The average Bonchev–Trinajstić information content (AvgIpc) is 2.38. The van der Waals surface area contributed by atoms with Gasteiger partial charge >= 0.3 is 0 Å². The summed E-state index contributed by atoms with van der Waals surface area (Å²) in [5, 5.41) is 0. The van der Waals surface area contributed by atoms with Crippen LogP contribution in [0, 0.1) is 0 Å². The van der Waals surface area contributed by atoms with Crippen LogP contribution in [0.25, 0.3) is 0 Å². The van der Waals surface area contributed by atoms with Crippen LogP contribution in [0.5, 0.6) is 5.75 Å². The summed E-state index contributed by atoms with van der Waals surface area (Å²) in [5.74, 6) is 0.758. The van der Waals surface area contributed by atoms with E-state index in [0.717, 1.165) is 11.3 Å². The van der Waals surface area contributed by atoms with Crippen molar-refractivity contribution in [1.82, 2.24) is 8.61 Å². The molecule has 6 heteroatoms. The summed E-state index contributed by atoms with van der Waals surface area (Å²) in [6, 6.07) is 7.30. The van der Waals surface area contributed by atoms with Crippen molar-refractivity contribution in [3.05, 3.63) is 29.8 Å². The van der Waals surface area contributed by atoms with Crippen LogP contribution in [0.1, 0.15) is 19.4 Å². The summed E-state index contributed by atoms with van der Waals surface area (Å²) in [5.41, 5.74) is 0.920. The van der Waals surface area contributed by atoms with Gasteiger partial charge in [0.1, 0.15) is 5.75 Å². The van der Waals surface area contributed by atoms with Gasteiger partial charge in [-0.15, -0.1) is 0 Å². The Morgan fingerprint density at radius 3 is 2.11 bits per heavy atom. The zero-order valence-corrected chi connectivity index (χ0v) is 12.9. The molecule has 0 N–H and O–H groups in total. The van der Waals surface area contributed by atoms with Gasteiger partial charge in [-0.3, -0.25) is 0 Å². The van der Waals surface area contributed by atoms with E-state index in [9.17, 15) is 8.42 Å². The zero-order valence-electron chi connectivity index (χ0n) is 12.1. The SMILES string of the molecule is COc1ccc(CN(C)S(=O)(=O)N(C)C(C)C)cc1. The summed E-state index contributed by atoms with van der Waals surface area (Å²) in [4.78, 5) is 0. The van der Waals surface area contributed by atoms with Crippen molar-refractivity contribution >= 4 is 10.2 Å². The first-order valence-electron chi connectivity index (χ1n) is 6.11. The molecular formula is C13H22N2O3S. The van der Waals surface area contributed by atoms with Crippen LogP contribution >= 0.6 is 0 Å². The topological polar surface area (TPSA) is 49.9 Å². The molecule has 0 radical (unpaired) electrons. The fourth-order valence-corrected chi connectivity index (χ4v) is 2.84. The molecule has 0 amide bonds. The molecule has 0 aromatic heterocycles. The van der Waals surface area contributed by atoms with Crippen molar-refractivity contribution in [3.8, 4) is 5.75 Å². The minimum atomic E-state index is -3.42. The summed E-state index contributed by atoms with van der Waals surface area (Å²) in [6.45, 7) is 4.03. The van der Waals surface area contributed by atoms with Gasteiger partial charge in [-0.2, -0.15) is 17.0 Å². The molecule has 0 atom stereocenters. The highest BCUT2D eigenvalue weighted by atomic mass is 32.2. The quantitative estimate of drug-likeness (QED) is 0.800. The molecule has 0 bridgehead atoms. The Kier molecular flexibility index (Phi) is 5.34. The number of ether oxygens (including phenoxy) is 1. The maximum absolute atomic E-state index is 12.2. The van der Waals surface area contributed by atoms with Crippen LogP contribution in [-0.2, 0) is 16.8 Å². The molecule has 0 saturated carbocycles. The summed E-state index contributed by atoms with van der Waals surface area (Å²) < 4.78 is 32.2. The second-order valence-corrected chi connectivity index (χ2v) is 6.82. The molecule has 19 heavy (non-hydrogen) atoms. The molecule has 1 aromatic rings. The van der Waals surface area contributed by atoms with Gasteiger partial charge in [0.2, 0.25) is 0 Å². The van der Waals surface area contributed by atoms with Gasteiger partial charge in [-0.25, -0.2) is 0 Å². The molecule has 0 saturated heterocycles. The minimum absolute atomic E-state index is 0.0664. The maximum Gasteiger partial charge on any atom is 0.282 e.